The summed E-state index contributed by atoms with van der Waals surface area (Å²) in [6.45, 7) is 11.5. The molecule has 1 aromatic rings. The average molecular weight is 321 g/mol. The zero-order valence-electron chi connectivity index (χ0n) is 14.5. The van der Waals surface area contributed by atoms with E-state index in [-0.39, 0.29) is 5.91 Å². The topological polar surface area (TPSA) is 52.0 Å². The number of aryl methyl sites for hydroxylation is 2. The number of quaternary nitrogens is 1. The Bertz CT molecular complexity index is 513. The highest BCUT2D eigenvalue weighted by molar-refractivity contribution is 5.80. The number of rotatable bonds is 7. The normalized spacial score (nSPS) is 16.8. The van der Waals surface area contributed by atoms with Crippen LogP contribution in [0.25, 0.3) is 0 Å². The summed E-state index contributed by atoms with van der Waals surface area (Å²) in [5.41, 5.74) is 2.39. The minimum absolute atomic E-state index is 0.0554. The molecule has 5 nitrogen and oxygen atoms in total. The quantitative estimate of drug-likeness (QED) is 0.719. The van der Waals surface area contributed by atoms with Gasteiger partial charge in [-0.2, -0.15) is 0 Å². The summed E-state index contributed by atoms with van der Waals surface area (Å²) >= 11 is 0. The van der Waals surface area contributed by atoms with Gasteiger partial charge in [0.25, 0.3) is 5.91 Å². The predicted molar refractivity (Wildman–Crippen MR) is 90.0 cm³/mol. The number of amides is 1. The highest BCUT2D eigenvalue weighted by Crippen LogP contribution is 2.17. The van der Waals surface area contributed by atoms with Gasteiger partial charge in [-0.15, -0.1) is 0 Å². The first-order valence-corrected chi connectivity index (χ1v) is 8.49. The van der Waals surface area contributed by atoms with Crippen molar-refractivity contribution in [2.24, 2.45) is 0 Å². The smallest absolute Gasteiger partial charge is 0.260 e. The van der Waals surface area contributed by atoms with Crippen molar-refractivity contribution in [2.75, 3.05) is 39.4 Å². The molecule has 0 spiro atoms. The van der Waals surface area contributed by atoms with Crippen molar-refractivity contribution in [1.29, 1.82) is 0 Å². The molecule has 5 heteroatoms. The summed E-state index contributed by atoms with van der Waals surface area (Å²) in [6, 6.07) is 5.90. The molecule has 0 aliphatic carbocycles. The lowest BCUT2D eigenvalue weighted by Gasteiger charge is -2.23. The molecular formula is C18H29N2O3+. The van der Waals surface area contributed by atoms with Crippen LogP contribution in [-0.2, 0) is 9.53 Å². The standard InChI is InChI=1S/C18H28N2O3/c1-14-5-6-17(13-15(14)2)23-16(3)18(21)19-7-4-8-20-9-11-22-12-10-20/h5-6,13,16H,4,7-12H2,1-3H3,(H,19,21)/p+1/t16-/m0/s1. The molecule has 0 radical (unpaired) electrons. The molecule has 0 aromatic heterocycles. The zero-order chi connectivity index (χ0) is 16.7. The fourth-order valence-corrected chi connectivity index (χ4v) is 2.65. The number of hydrogen-bond acceptors (Lipinski definition) is 3. The van der Waals surface area contributed by atoms with Gasteiger partial charge in [0.05, 0.1) is 19.8 Å². The Labute approximate surface area is 139 Å². The maximum atomic E-state index is 12.1. The Morgan fingerprint density at radius 3 is 2.74 bits per heavy atom. The minimum Gasteiger partial charge on any atom is -0.481 e. The molecule has 0 bridgehead atoms. The third-order valence-corrected chi connectivity index (χ3v) is 4.37. The van der Waals surface area contributed by atoms with Crippen LogP contribution in [-0.4, -0.2) is 51.4 Å². The van der Waals surface area contributed by atoms with Crippen LogP contribution in [0.4, 0.5) is 0 Å². The van der Waals surface area contributed by atoms with E-state index in [9.17, 15) is 4.79 Å². The fraction of sp³-hybridized carbons (Fsp3) is 0.611. The molecule has 1 fully saturated rings. The molecule has 1 amide bonds. The SMILES string of the molecule is Cc1ccc(O[C@@H](C)C(=O)NCCC[NH+]2CCOCC2)cc1C. The van der Waals surface area contributed by atoms with E-state index in [2.05, 4.69) is 12.2 Å². The highest BCUT2D eigenvalue weighted by atomic mass is 16.5. The van der Waals surface area contributed by atoms with Crippen LogP contribution >= 0.6 is 0 Å². The summed E-state index contributed by atoms with van der Waals surface area (Å²) in [5.74, 6) is 0.689. The van der Waals surface area contributed by atoms with E-state index in [4.69, 9.17) is 9.47 Å². The Hall–Kier alpha value is -1.59. The zero-order valence-corrected chi connectivity index (χ0v) is 14.5. The van der Waals surface area contributed by atoms with Crippen LogP contribution in [0.3, 0.4) is 0 Å². The van der Waals surface area contributed by atoms with Gasteiger partial charge in [0, 0.05) is 13.0 Å². The van der Waals surface area contributed by atoms with Gasteiger partial charge in [-0.1, -0.05) is 6.07 Å². The number of ether oxygens (including phenoxy) is 2. The van der Waals surface area contributed by atoms with Crippen LogP contribution in [0.15, 0.2) is 18.2 Å². The molecule has 0 saturated carbocycles. The molecule has 1 heterocycles. The van der Waals surface area contributed by atoms with E-state index in [1.807, 2.05) is 25.1 Å². The first-order valence-electron chi connectivity index (χ1n) is 8.49. The second-order valence-electron chi connectivity index (χ2n) is 6.26. The van der Waals surface area contributed by atoms with Gasteiger partial charge in [0.1, 0.15) is 18.8 Å². The molecule has 1 atom stereocenters. The Balaban J connectivity index is 1.66. The lowest BCUT2D eigenvalue weighted by Crippen LogP contribution is -3.14. The first kappa shape index (κ1) is 17.8. The molecule has 128 valence electrons. The first-order chi connectivity index (χ1) is 11.1. The van der Waals surface area contributed by atoms with Gasteiger partial charge in [-0.3, -0.25) is 4.79 Å². The number of morpholine rings is 1. The third-order valence-electron chi connectivity index (χ3n) is 4.37. The van der Waals surface area contributed by atoms with E-state index >= 15 is 0 Å². The number of carbonyl (C=O) groups is 1. The van der Waals surface area contributed by atoms with Gasteiger partial charge in [-0.25, -0.2) is 0 Å². The molecule has 0 unspecified atom stereocenters. The van der Waals surface area contributed by atoms with E-state index in [0.717, 1.165) is 45.0 Å². The van der Waals surface area contributed by atoms with Crippen molar-refractivity contribution < 1.29 is 19.2 Å². The van der Waals surface area contributed by atoms with Crippen molar-refractivity contribution >= 4 is 5.91 Å². The second-order valence-corrected chi connectivity index (χ2v) is 6.26. The Kier molecular flexibility index (Phi) is 6.86. The molecule has 1 aliphatic rings. The summed E-state index contributed by atoms with van der Waals surface area (Å²) in [6.07, 6.45) is 0.505. The van der Waals surface area contributed by atoms with Crippen molar-refractivity contribution in [1.82, 2.24) is 5.32 Å². The Morgan fingerprint density at radius 1 is 1.30 bits per heavy atom. The van der Waals surface area contributed by atoms with E-state index in [1.54, 1.807) is 11.8 Å². The van der Waals surface area contributed by atoms with Crippen molar-refractivity contribution in [3.63, 3.8) is 0 Å². The second kappa shape index (κ2) is 8.89. The molecule has 1 aliphatic heterocycles. The summed E-state index contributed by atoms with van der Waals surface area (Å²) in [5, 5.41) is 2.96. The maximum absolute atomic E-state index is 12.1. The van der Waals surface area contributed by atoms with Crippen molar-refractivity contribution in [3.05, 3.63) is 29.3 Å². The molecular weight excluding hydrogens is 292 g/mol. The Morgan fingerprint density at radius 2 is 2.04 bits per heavy atom. The van der Waals surface area contributed by atoms with Gasteiger partial charge in [-0.05, 0) is 44.0 Å². The van der Waals surface area contributed by atoms with Gasteiger partial charge < -0.3 is 19.7 Å². The third kappa shape index (κ3) is 5.84. The molecule has 1 aromatic carbocycles. The summed E-state index contributed by atoms with van der Waals surface area (Å²) in [4.78, 5) is 13.6. The maximum Gasteiger partial charge on any atom is 0.260 e. The van der Waals surface area contributed by atoms with E-state index in [1.165, 1.54) is 11.1 Å². The fourth-order valence-electron chi connectivity index (χ4n) is 2.65. The lowest BCUT2D eigenvalue weighted by molar-refractivity contribution is -0.908. The van der Waals surface area contributed by atoms with Crippen LogP contribution in [0.2, 0.25) is 0 Å². The van der Waals surface area contributed by atoms with Crippen LogP contribution < -0.4 is 15.0 Å². The largest absolute Gasteiger partial charge is 0.481 e. The van der Waals surface area contributed by atoms with Crippen LogP contribution in [0.1, 0.15) is 24.5 Å². The molecule has 1 saturated heterocycles. The van der Waals surface area contributed by atoms with Crippen molar-refractivity contribution in [2.45, 2.75) is 33.3 Å². The molecule has 23 heavy (non-hydrogen) atoms. The lowest BCUT2D eigenvalue weighted by atomic mass is 10.1. The van der Waals surface area contributed by atoms with E-state index in [0.29, 0.717) is 6.54 Å². The molecule has 2 N–H and O–H groups in total. The number of benzene rings is 1. The average Bonchev–Trinajstić information content (AvgIpc) is 2.55. The van der Waals surface area contributed by atoms with Crippen LogP contribution in [0.5, 0.6) is 5.75 Å². The number of carbonyl (C=O) groups excluding carboxylic acids is 1. The monoisotopic (exact) mass is 321 g/mol. The predicted octanol–water partition coefficient (Wildman–Crippen LogP) is 0.492. The highest BCUT2D eigenvalue weighted by Gasteiger charge is 2.16. The van der Waals surface area contributed by atoms with Crippen molar-refractivity contribution in [3.8, 4) is 5.75 Å². The van der Waals surface area contributed by atoms with Gasteiger partial charge in [0.15, 0.2) is 6.10 Å². The number of nitrogens with one attached hydrogen (secondary N) is 2. The van der Waals surface area contributed by atoms with Crippen LogP contribution in [0, 0.1) is 13.8 Å². The van der Waals surface area contributed by atoms with Gasteiger partial charge >= 0.3 is 0 Å². The minimum atomic E-state index is -0.479. The summed E-state index contributed by atoms with van der Waals surface area (Å²) < 4.78 is 11.1. The molecule has 2 rings (SSSR count). The number of hydrogen-bond donors (Lipinski definition) is 2. The van der Waals surface area contributed by atoms with E-state index < -0.39 is 6.10 Å². The van der Waals surface area contributed by atoms with Gasteiger partial charge in [0.2, 0.25) is 0 Å². The summed E-state index contributed by atoms with van der Waals surface area (Å²) in [7, 11) is 0.